The van der Waals surface area contributed by atoms with Crippen LogP contribution in [-0.2, 0) is 23.4 Å². The van der Waals surface area contributed by atoms with Crippen molar-refractivity contribution in [3.63, 3.8) is 0 Å². The highest BCUT2D eigenvalue weighted by molar-refractivity contribution is 7.54. The third-order valence-corrected chi connectivity index (χ3v) is 7.48. The zero-order valence-corrected chi connectivity index (χ0v) is 21.4. The van der Waals surface area contributed by atoms with Crippen molar-refractivity contribution in [2.75, 3.05) is 6.79 Å². The van der Waals surface area contributed by atoms with Crippen molar-refractivity contribution in [2.45, 2.75) is 25.6 Å². The summed E-state index contributed by atoms with van der Waals surface area (Å²) >= 11 is 7.30. The first kappa shape index (κ1) is 27.8. The molecule has 192 valence electrons. The first-order chi connectivity index (χ1) is 17.0. The molecule has 8 nitrogen and oxygen atoms in total. The number of hydrogen-bond acceptors (Lipinski definition) is 7. The number of nitrogens with one attached hydrogen (secondary N) is 1. The van der Waals surface area contributed by atoms with Crippen LogP contribution in [0, 0.1) is 11.6 Å². The molecule has 3 aromatic rings. The van der Waals surface area contributed by atoms with Crippen molar-refractivity contribution in [1.29, 1.82) is 0 Å². The monoisotopic (exact) mass is 559 g/mol. The van der Waals surface area contributed by atoms with Crippen molar-refractivity contribution in [3.05, 3.63) is 75.8 Å². The van der Waals surface area contributed by atoms with E-state index in [1.807, 2.05) is 0 Å². The quantitative estimate of drug-likeness (QED) is 0.178. The highest BCUT2D eigenvalue weighted by Gasteiger charge is 2.41. The highest BCUT2D eigenvalue weighted by Crippen LogP contribution is 2.58. The Morgan fingerprint density at radius 3 is 2.64 bits per heavy atom. The topological polar surface area (TPSA) is 111 Å². The molecule has 1 aromatic heterocycles. The Labute approximate surface area is 214 Å². The average Bonchev–Trinajstić information content (AvgIpc) is 3.18. The lowest BCUT2D eigenvalue weighted by atomic mass is 10.1. The van der Waals surface area contributed by atoms with Gasteiger partial charge in [-0.25, -0.2) is 13.6 Å². The Morgan fingerprint density at radius 1 is 1.19 bits per heavy atom. The van der Waals surface area contributed by atoms with E-state index in [0.29, 0.717) is 15.1 Å². The highest BCUT2D eigenvalue weighted by atomic mass is 35.5. The minimum Gasteiger partial charge on any atom is -0.432 e. The summed E-state index contributed by atoms with van der Waals surface area (Å²) in [5, 5.41) is 4.67. The second kappa shape index (κ2) is 11.9. The van der Waals surface area contributed by atoms with Crippen LogP contribution < -0.4 is 5.32 Å². The van der Waals surface area contributed by atoms with Crippen molar-refractivity contribution >= 4 is 58.8 Å². The fourth-order valence-electron chi connectivity index (χ4n) is 3.06. The average molecular weight is 560 g/mol. The van der Waals surface area contributed by atoms with Gasteiger partial charge < -0.3 is 19.7 Å². The Hall–Kier alpha value is -2.82. The van der Waals surface area contributed by atoms with E-state index in [-0.39, 0.29) is 11.1 Å². The van der Waals surface area contributed by atoms with E-state index in [9.17, 15) is 27.8 Å². The summed E-state index contributed by atoms with van der Waals surface area (Å²) in [5.74, 6) is -3.05. The molecule has 2 aromatic carbocycles. The number of carbonyl (C=O) groups is 2. The van der Waals surface area contributed by atoms with Crippen LogP contribution in [0.1, 0.15) is 30.6 Å². The molecular weight excluding hydrogens is 539 g/mol. The smallest absolute Gasteiger partial charge is 0.432 e. The van der Waals surface area contributed by atoms with Gasteiger partial charge in [0.15, 0.2) is 17.3 Å². The van der Waals surface area contributed by atoms with Gasteiger partial charge in [-0.1, -0.05) is 17.7 Å². The summed E-state index contributed by atoms with van der Waals surface area (Å²) in [6.45, 7) is 2.22. The molecule has 2 unspecified atom stereocenters. The molecule has 0 saturated heterocycles. The fourth-order valence-corrected chi connectivity index (χ4v) is 5.59. The number of amides is 1. The Morgan fingerprint density at radius 2 is 1.94 bits per heavy atom. The molecule has 0 spiro atoms. The summed E-state index contributed by atoms with van der Waals surface area (Å²) in [7, 11) is -4.81. The predicted molar refractivity (Wildman–Crippen MR) is 132 cm³/mol. The largest absolute Gasteiger partial charge is 0.510 e. The molecule has 3 rings (SSSR count). The predicted octanol–water partition coefficient (Wildman–Crippen LogP) is 6.38. The van der Waals surface area contributed by atoms with Crippen LogP contribution in [0.3, 0.4) is 0 Å². The summed E-state index contributed by atoms with van der Waals surface area (Å²) in [6.07, 6.45) is 0.780. The number of ether oxygens (including phenoxy) is 2. The molecule has 0 aliphatic heterocycles. The van der Waals surface area contributed by atoms with Gasteiger partial charge in [0.25, 0.3) is 0 Å². The number of fused-ring (bicyclic) bond motifs is 1. The van der Waals surface area contributed by atoms with E-state index in [4.69, 9.17) is 20.9 Å². The first-order valence-corrected chi connectivity index (χ1v) is 13.3. The number of benzene rings is 2. The van der Waals surface area contributed by atoms with Crippen LogP contribution in [0.15, 0.2) is 48.0 Å². The molecule has 0 aliphatic carbocycles. The molecule has 36 heavy (non-hydrogen) atoms. The summed E-state index contributed by atoms with van der Waals surface area (Å²) < 4.78 is 54.8. The van der Waals surface area contributed by atoms with Crippen LogP contribution in [0.4, 0.5) is 13.6 Å². The summed E-state index contributed by atoms with van der Waals surface area (Å²) in [5.41, 5.74) is -1.35. The van der Waals surface area contributed by atoms with E-state index in [1.54, 1.807) is 26.0 Å². The molecule has 1 heterocycles. The second-order valence-electron chi connectivity index (χ2n) is 7.62. The van der Waals surface area contributed by atoms with E-state index < -0.39 is 49.8 Å². The zero-order chi connectivity index (χ0) is 26.5. The van der Waals surface area contributed by atoms with E-state index >= 15 is 0 Å². The van der Waals surface area contributed by atoms with Crippen LogP contribution in [0.5, 0.6) is 0 Å². The lowest BCUT2D eigenvalue weighted by Gasteiger charge is -2.21. The third-order valence-electron chi connectivity index (χ3n) is 4.63. The van der Waals surface area contributed by atoms with Gasteiger partial charge in [-0.3, -0.25) is 13.9 Å². The molecule has 1 amide bonds. The first-order valence-electron chi connectivity index (χ1n) is 10.4. The van der Waals surface area contributed by atoms with Crippen LogP contribution in [0.2, 0.25) is 5.02 Å². The number of hydrogen-bond donors (Lipinski definition) is 2. The number of thiophene rings is 1. The van der Waals surface area contributed by atoms with Gasteiger partial charge in [0, 0.05) is 15.9 Å². The van der Waals surface area contributed by atoms with Gasteiger partial charge in [0.05, 0.1) is 6.10 Å². The summed E-state index contributed by atoms with van der Waals surface area (Å²) in [6, 6.07) is 7.97. The van der Waals surface area contributed by atoms with E-state index in [0.717, 1.165) is 18.3 Å². The summed E-state index contributed by atoms with van der Waals surface area (Å²) in [4.78, 5) is 35.4. The van der Waals surface area contributed by atoms with Crippen molar-refractivity contribution in [2.24, 2.45) is 0 Å². The van der Waals surface area contributed by atoms with Gasteiger partial charge >= 0.3 is 13.8 Å². The molecule has 2 atom stereocenters. The molecule has 0 fully saturated rings. The zero-order valence-electron chi connectivity index (χ0n) is 18.9. The molecular formula is C23H21ClF2NO7PS. The van der Waals surface area contributed by atoms with Crippen molar-refractivity contribution < 1.29 is 41.8 Å². The number of carbonyl (C=O) groups excluding carboxylic acids is 2. The molecule has 2 N–H and O–H groups in total. The molecule has 0 radical (unpaired) electrons. The standard InChI is InChI=1S/C23H21ClF2NO7PS/c1-13(2)34-23(29)32-12-33-35(30,31)21(17-11-36-20-6-4-15(24)10-16(17)20)22(28)27-8-7-14-3-5-18(25)19(26)9-14/h3-11,13,21H,12H2,1-2H3,(H,27,28)(H,30,31)/b8-7+. The Balaban J connectivity index is 1.86. The minimum atomic E-state index is -4.81. The number of halogens is 3. The minimum absolute atomic E-state index is 0.159. The van der Waals surface area contributed by atoms with Gasteiger partial charge in [-0.15, -0.1) is 11.3 Å². The Bertz CT molecular complexity index is 1350. The van der Waals surface area contributed by atoms with Gasteiger partial charge in [0.1, 0.15) is 0 Å². The lowest BCUT2D eigenvalue weighted by molar-refractivity contribution is -0.120. The molecule has 0 saturated carbocycles. The van der Waals surface area contributed by atoms with Crippen LogP contribution in [0.25, 0.3) is 16.2 Å². The van der Waals surface area contributed by atoms with Crippen molar-refractivity contribution in [1.82, 2.24) is 5.32 Å². The fraction of sp³-hybridized carbons (Fsp3) is 0.217. The second-order valence-corrected chi connectivity index (χ2v) is 10.9. The number of rotatable bonds is 9. The van der Waals surface area contributed by atoms with Gasteiger partial charge in [-0.05, 0) is 72.1 Å². The molecule has 13 heteroatoms. The SMILES string of the molecule is CC(C)OC(=O)OCOP(=O)(O)C(C(=O)N/C=C/c1ccc(F)c(F)c1)c1csc2ccc(Cl)cc12. The van der Waals surface area contributed by atoms with E-state index in [2.05, 4.69) is 10.1 Å². The van der Waals surface area contributed by atoms with Gasteiger partial charge in [-0.2, -0.15) is 0 Å². The van der Waals surface area contributed by atoms with Crippen LogP contribution >= 0.6 is 30.5 Å². The normalized spacial score (nSPS) is 14.1. The maximum Gasteiger partial charge on any atom is 0.510 e. The maximum absolute atomic E-state index is 13.4. The van der Waals surface area contributed by atoms with Crippen LogP contribution in [-0.4, -0.2) is 29.9 Å². The Kier molecular flexibility index (Phi) is 9.21. The molecule has 0 aliphatic rings. The van der Waals surface area contributed by atoms with E-state index in [1.165, 1.54) is 34.9 Å². The van der Waals surface area contributed by atoms with Crippen molar-refractivity contribution in [3.8, 4) is 0 Å². The lowest BCUT2D eigenvalue weighted by Crippen LogP contribution is -2.26. The van der Waals surface area contributed by atoms with Gasteiger partial charge in [0.2, 0.25) is 12.7 Å². The molecule has 0 bridgehead atoms. The third kappa shape index (κ3) is 7.11. The maximum atomic E-state index is 13.4.